The Kier molecular flexibility index (Phi) is 8.34. The lowest BCUT2D eigenvalue weighted by Crippen LogP contribution is -2.11. The van der Waals surface area contributed by atoms with E-state index in [1.54, 1.807) is 0 Å². The molecule has 0 heterocycles. The number of rotatable bonds is 4. The molecule has 0 spiro atoms. The van der Waals surface area contributed by atoms with Gasteiger partial charge in [0.15, 0.2) is 0 Å². The van der Waals surface area contributed by atoms with Gasteiger partial charge in [-0.2, -0.15) is 0 Å². The maximum atomic E-state index is 2.43. The molecule has 246 valence electrons. The van der Waals surface area contributed by atoms with Crippen molar-refractivity contribution in [2.75, 3.05) is 0 Å². The highest BCUT2D eigenvalue weighted by atomic mass is 127. The van der Waals surface area contributed by atoms with Gasteiger partial charge in [-0.1, -0.05) is 151 Å². The second-order valence-corrected chi connectivity index (χ2v) is 18.1. The number of fused-ring (bicyclic) bond motifs is 3. The molecule has 1 aliphatic rings. The first-order valence-corrected chi connectivity index (χ1v) is 19.6. The fourth-order valence-electron chi connectivity index (χ4n) is 7.71. The zero-order valence-electron chi connectivity index (χ0n) is 29.5. The van der Waals surface area contributed by atoms with Crippen LogP contribution in [0.2, 0.25) is 0 Å². The van der Waals surface area contributed by atoms with Gasteiger partial charge in [0.25, 0.3) is 0 Å². The highest BCUT2D eigenvalue weighted by molar-refractivity contribution is 14.1. The number of halogens is 2. The van der Waals surface area contributed by atoms with Crippen molar-refractivity contribution in [2.45, 2.75) is 52.4 Å². The Morgan fingerprint density at radius 1 is 0.340 bits per heavy atom. The van der Waals surface area contributed by atoms with Crippen LogP contribution in [0, 0.1) is 7.14 Å². The number of hydrogen-bond acceptors (Lipinski definition) is 0. The Balaban J connectivity index is 1.62. The topological polar surface area (TPSA) is 0 Å². The predicted molar refractivity (Wildman–Crippen MR) is 233 cm³/mol. The summed E-state index contributed by atoms with van der Waals surface area (Å²) < 4.78 is 2.47. The van der Waals surface area contributed by atoms with Gasteiger partial charge < -0.3 is 0 Å². The Morgan fingerprint density at radius 2 is 0.640 bits per heavy atom. The molecule has 8 rings (SSSR count). The van der Waals surface area contributed by atoms with Crippen LogP contribution in [0.4, 0.5) is 0 Å². The third-order valence-corrected chi connectivity index (χ3v) is 11.7. The molecule has 0 unspecified atom stereocenters. The average Bonchev–Trinajstić information content (AvgIpc) is 3.43. The summed E-state index contributed by atoms with van der Waals surface area (Å²) in [5.74, 6) is 0. The molecule has 0 saturated carbocycles. The summed E-state index contributed by atoms with van der Waals surface area (Å²) in [4.78, 5) is 0. The molecule has 0 aromatic heterocycles. The van der Waals surface area contributed by atoms with Crippen LogP contribution in [0.15, 0.2) is 133 Å². The second kappa shape index (κ2) is 12.5. The summed E-state index contributed by atoms with van der Waals surface area (Å²) in [6.07, 6.45) is 0. The Labute approximate surface area is 324 Å². The van der Waals surface area contributed by atoms with E-state index in [2.05, 4.69) is 220 Å². The first kappa shape index (κ1) is 33.4. The largest absolute Gasteiger partial charge is 0.0610 e. The lowest BCUT2D eigenvalue weighted by molar-refractivity contribution is 0.590. The van der Waals surface area contributed by atoms with E-state index < -0.39 is 0 Å². The molecule has 0 nitrogen and oxygen atoms in total. The molecule has 0 aliphatic heterocycles. The summed E-state index contributed by atoms with van der Waals surface area (Å²) in [6, 6.07) is 50.8. The highest BCUT2D eigenvalue weighted by Gasteiger charge is 2.34. The van der Waals surface area contributed by atoms with Crippen LogP contribution in [0.5, 0.6) is 0 Å². The molecule has 0 radical (unpaired) electrons. The molecule has 1 aliphatic carbocycles. The van der Waals surface area contributed by atoms with E-state index in [4.69, 9.17) is 0 Å². The maximum Gasteiger partial charge on any atom is 0.0130 e. The molecule has 0 atom stereocenters. The van der Waals surface area contributed by atoms with E-state index in [1.807, 2.05) is 0 Å². The monoisotopic (exact) mass is 870 g/mol. The molecule has 0 N–H and O–H groups in total. The van der Waals surface area contributed by atoms with Crippen molar-refractivity contribution in [3.8, 4) is 66.8 Å². The van der Waals surface area contributed by atoms with Crippen molar-refractivity contribution >= 4 is 56.0 Å². The van der Waals surface area contributed by atoms with Gasteiger partial charge in [0.1, 0.15) is 0 Å². The van der Waals surface area contributed by atoms with Crippen molar-refractivity contribution in [3.63, 3.8) is 0 Å². The van der Waals surface area contributed by atoms with Gasteiger partial charge in [-0.15, -0.1) is 0 Å². The second-order valence-electron chi connectivity index (χ2n) is 15.6. The van der Waals surface area contributed by atoms with Crippen molar-refractivity contribution in [2.24, 2.45) is 0 Å². The minimum absolute atomic E-state index is 0.0602. The van der Waals surface area contributed by atoms with Gasteiger partial charge in [-0.25, -0.2) is 0 Å². The quantitative estimate of drug-likeness (QED) is 0.155. The molecule has 0 amide bonds. The van der Waals surface area contributed by atoms with E-state index in [-0.39, 0.29) is 10.8 Å². The predicted octanol–water partition coefficient (Wildman–Crippen LogP) is 15.0. The summed E-state index contributed by atoms with van der Waals surface area (Å²) in [7, 11) is 0. The zero-order valence-corrected chi connectivity index (χ0v) is 33.8. The highest BCUT2D eigenvalue weighted by Crippen LogP contribution is 2.60. The van der Waals surface area contributed by atoms with E-state index in [1.165, 1.54) is 95.8 Å². The van der Waals surface area contributed by atoms with Crippen LogP contribution < -0.4 is 0 Å². The van der Waals surface area contributed by atoms with Crippen LogP contribution in [-0.4, -0.2) is 0 Å². The molecule has 7 aromatic carbocycles. The molecule has 0 bridgehead atoms. The van der Waals surface area contributed by atoms with E-state index in [0.29, 0.717) is 0 Å². The Hall–Kier alpha value is -3.74. The number of hydrogen-bond donors (Lipinski definition) is 0. The van der Waals surface area contributed by atoms with Crippen molar-refractivity contribution in [1.82, 2.24) is 0 Å². The third-order valence-electron chi connectivity index (χ3n) is 10.3. The van der Waals surface area contributed by atoms with Gasteiger partial charge in [0.2, 0.25) is 0 Å². The van der Waals surface area contributed by atoms with Crippen molar-refractivity contribution in [3.05, 3.63) is 152 Å². The lowest BCUT2D eigenvalue weighted by atomic mass is 9.75. The Bertz CT molecular complexity index is 2230. The Morgan fingerprint density at radius 3 is 0.960 bits per heavy atom. The molecule has 50 heavy (non-hydrogen) atoms. The minimum atomic E-state index is 0.0602. The fourth-order valence-corrected chi connectivity index (χ4v) is 8.43. The molecular formula is C48H40I2. The first-order chi connectivity index (χ1) is 23.9. The third kappa shape index (κ3) is 5.73. The standard InChI is InChI=1S/C48H40I2/c1-47(2,3)34-21-13-30(14-22-34)41-42(31-15-23-35(24-16-31)48(4,5)6)44(33-19-27-37(50)28-20-33)46-39-12-8-10-29-9-7-11-38(40(29)39)45(46)43(41)32-17-25-36(49)26-18-32/h7-28H,1-6H3. The summed E-state index contributed by atoms with van der Waals surface area (Å²) in [6.45, 7) is 13.8. The summed E-state index contributed by atoms with van der Waals surface area (Å²) >= 11 is 4.86. The SMILES string of the molecule is CC(C)(C)c1ccc(-c2c(-c3ccc(C(C)(C)C)cc3)c(-c3ccc(I)cc3)c3c(c2-c2ccc(I)cc2)-c2cccc4cccc-3c24)cc1. The molecule has 0 saturated heterocycles. The normalized spacial score (nSPS) is 12.4. The summed E-state index contributed by atoms with van der Waals surface area (Å²) in [5.41, 5.74) is 18.2. The minimum Gasteiger partial charge on any atom is -0.0610 e. The fraction of sp³-hybridized carbons (Fsp3) is 0.167. The molecule has 7 aromatic rings. The first-order valence-electron chi connectivity index (χ1n) is 17.4. The van der Waals surface area contributed by atoms with Crippen molar-refractivity contribution in [1.29, 1.82) is 0 Å². The molecule has 0 fully saturated rings. The van der Waals surface area contributed by atoms with Crippen LogP contribution in [0.1, 0.15) is 52.7 Å². The lowest BCUT2D eigenvalue weighted by Gasteiger charge is -2.27. The zero-order chi connectivity index (χ0) is 34.9. The van der Waals surface area contributed by atoms with E-state index in [9.17, 15) is 0 Å². The van der Waals surface area contributed by atoms with Gasteiger partial charge >= 0.3 is 0 Å². The van der Waals surface area contributed by atoms with Crippen molar-refractivity contribution < 1.29 is 0 Å². The smallest absolute Gasteiger partial charge is 0.0130 e. The van der Waals surface area contributed by atoms with Crippen LogP contribution in [0.25, 0.3) is 77.5 Å². The van der Waals surface area contributed by atoms with E-state index in [0.717, 1.165) is 0 Å². The van der Waals surface area contributed by atoms with Gasteiger partial charge in [-0.3, -0.25) is 0 Å². The van der Waals surface area contributed by atoms with Gasteiger partial charge in [0.05, 0.1) is 0 Å². The summed E-state index contributed by atoms with van der Waals surface area (Å²) in [5, 5.41) is 2.63. The molecular weight excluding hydrogens is 830 g/mol. The molecule has 2 heteroatoms. The van der Waals surface area contributed by atoms with E-state index >= 15 is 0 Å². The van der Waals surface area contributed by atoms with Gasteiger partial charge in [0, 0.05) is 7.14 Å². The van der Waals surface area contributed by atoms with Crippen LogP contribution in [0.3, 0.4) is 0 Å². The number of benzene rings is 7. The van der Waals surface area contributed by atoms with Crippen LogP contribution >= 0.6 is 45.2 Å². The van der Waals surface area contributed by atoms with Gasteiger partial charge in [-0.05, 0) is 169 Å². The van der Waals surface area contributed by atoms with Crippen LogP contribution in [-0.2, 0) is 10.8 Å². The average molecular weight is 871 g/mol. The maximum absolute atomic E-state index is 2.43.